The summed E-state index contributed by atoms with van der Waals surface area (Å²) in [5.41, 5.74) is 8.45. The van der Waals surface area contributed by atoms with Crippen molar-refractivity contribution in [3.05, 3.63) is 35.2 Å². The average Bonchev–Trinajstić information content (AvgIpc) is 2.76. The van der Waals surface area contributed by atoms with E-state index in [9.17, 15) is 4.79 Å². The largest absolute Gasteiger partial charge is 1.00 e. The lowest BCUT2D eigenvalue weighted by Gasteiger charge is -2.01. The topological polar surface area (TPSA) is 54.0 Å². The van der Waals surface area contributed by atoms with Gasteiger partial charge in [0.1, 0.15) is 0 Å². The molecular weight excluding hydrogens is 314 g/mol. The summed E-state index contributed by atoms with van der Waals surface area (Å²) >= 11 is 1.45. The van der Waals surface area contributed by atoms with Crippen molar-refractivity contribution in [2.45, 2.75) is 13.8 Å². The Kier molecular flexibility index (Phi) is 5.30. The Morgan fingerprint density at radius 3 is 2.56 bits per heavy atom. The number of rotatable bonds is 3. The molecule has 0 aliphatic carbocycles. The lowest BCUT2D eigenvalue weighted by Crippen LogP contribution is -3.00. The number of carbonyl (C=O) groups is 1. The minimum Gasteiger partial charge on any atom is -1.00 e. The van der Waals surface area contributed by atoms with Gasteiger partial charge in [-0.1, -0.05) is 29.8 Å². The Balaban J connectivity index is 0.00000162. The number of anilines is 1. The van der Waals surface area contributed by atoms with E-state index in [-0.39, 0.29) is 22.9 Å². The van der Waals surface area contributed by atoms with E-state index < -0.39 is 0 Å². The third-order valence-corrected chi connectivity index (χ3v) is 2.95. The molecule has 1 amide bonds. The highest BCUT2D eigenvalue weighted by Crippen LogP contribution is 2.24. The fourth-order valence-corrected chi connectivity index (χ4v) is 2.00. The van der Waals surface area contributed by atoms with Crippen molar-refractivity contribution in [2.75, 3.05) is 5.43 Å². The minimum absolute atomic E-state index is 0. The van der Waals surface area contributed by atoms with Crippen LogP contribution in [0.4, 0.5) is 5.13 Å². The molecule has 0 fully saturated rings. The fraction of sp³-hybridized carbons (Fsp3) is 0.167. The van der Waals surface area contributed by atoms with Gasteiger partial charge in [-0.2, -0.15) is 0 Å². The van der Waals surface area contributed by atoms with Gasteiger partial charge in [0.15, 0.2) is 0 Å². The summed E-state index contributed by atoms with van der Waals surface area (Å²) in [6.07, 6.45) is 0. The van der Waals surface area contributed by atoms with Crippen molar-refractivity contribution in [1.82, 2.24) is 10.4 Å². The molecule has 2 N–H and O–H groups in total. The highest BCUT2D eigenvalue weighted by Gasteiger charge is 2.04. The predicted molar refractivity (Wildman–Crippen MR) is 69.7 cm³/mol. The molecule has 0 bridgehead atoms. The van der Waals surface area contributed by atoms with Gasteiger partial charge in [0.2, 0.25) is 11.0 Å². The third-order valence-electron chi connectivity index (χ3n) is 2.20. The molecule has 0 spiro atoms. The molecule has 0 atom stereocenters. The molecule has 1 aromatic heterocycles. The maximum Gasteiger partial charge on any atom is 0.235 e. The Morgan fingerprint density at radius 2 is 1.94 bits per heavy atom. The second kappa shape index (κ2) is 6.51. The summed E-state index contributed by atoms with van der Waals surface area (Å²) in [5, 5.41) is 2.63. The fourth-order valence-electron chi connectivity index (χ4n) is 1.33. The van der Waals surface area contributed by atoms with Crippen molar-refractivity contribution in [3.8, 4) is 11.3 Å². The number of nitrogens with one attached hydrogen (secondary N) is 2. The van der Waals surface area contributed by atoms with E-state index >= 15 is 0 Å². The van der Waals surface area contributed by atoms with Crippen LogP contribution in [0.2, 0.25) is 0 Å². The zero-order chi connectivity index (χ0) is 12.3. The molecule has 0 saturated heterocycles. The maximum atomic E-state index is 10.7. The van der Waals surface area contributed by atoms with Crippen LogP contribution >= 0.6 is 11.3 Å². The molecule has 0 unspecified atom stereocenters. The van der Waals surface area contributed by atoms with Gasteiger partial charge in [-0.15, -0.1) is 11.3 Å². The number of aromatic nitrogens is 1. The quantitative estimate of drug-likeness (QED) is 0.754. The summed E-state index contributed by atoms with van der Waals surface area (Å²) in [4.78, 5) is 15.1. The van der Waals surface area contributed by atoms with Crippen LogP contribution in [0.3, 0.4) is 0 Å². The number of carbonyl (C=O) groups excluding carboxylic acids is 1. The molecule has 0 saturated carbocycles. The van der Waals surface area contributed by atoms with Gasteiger partial charge in [-0.05, 0) is 6.92 Å². The van der Waals surface area contributed by atoms with Crippen LogP contribution in [0.15, 0.2) is 29.6 Å². The summed E-state index contributed by atoms with van der Waals surface area (Å²) in [5.74, 6) is -0.142. The van der Waals surface area contributed by atoms with Crippen LogP contribution in [0.5, 0.6) is 0 Å². The van der Waals surface area contributed by atoms with Gasteiger partial charge >= 0.3 is 0 Å². The number of benzene rings is 1. The number of hydrazine groups is 1. The Labute approximate surface area is 120 Å². The molecule has 1 heterocycles. The number of hydrogen-bond donors (Lipinski definition) is 2. The number of halogens is 1. The van der Waals surface area contributed by atoms with Gasteiger partial charge in [0.25, 0.3) is 0 Å². The van der Waals surface area contributed by atoms with Crippen molar-refractivity contribution in [2.24, 2.45) is 0 Å². The maximum absolute atomic E-state index is 10.7. The van der Waals surface area contributed by atoms with Crippen LogP contribution in [0.1, 0.15) is 12.5 Å². The molecular formula is C12H13BrN3OS-. The van der Waals surface area contributed by atoms with E-state index in [0.29, 0.717) is 5.13 Å². The van der Waals surface area contributed by atoms with E-state index in [0.717, 1.165) is 11.3 Å². The lowest BCUT2D eigenvalue weighted by atomic mass is 10.1. The monoisotopic (exact) mass is 326 g/mol. The van der Waals surface area contributed by atoms with E-state index in [2.05, 4.69) is 34.9 Å². The van der Waals surface area contributed by atoms with E-state index in [1.807, 2.05) is 17.5 Å². The molecule has 6 heteroatoms. The van der Waals surface area contributed by atoms with E-state index in [1.54, 1.807) is 0 Å². The summed E-state index contributed by atoms with van der Waals surface area (Å²) < 4.78 is 0. The van der Waals surface area contributed by atoms with E-state index in [4.69, 9.17) is 0 Å². The molecule has 0 radical (unpaired) electrons. The number of thiazole rings is 1. The first-order valence-corrected chi connectivity index (χ1v) is 6.08. The molecule has 18 heavy (non-hydrogen) atoms. The Morgan fingerprint density at radius 1 is 1.28 bits per heavy atom. The lowest BCUT2D eigenvalue weighted by molar-refractivity contribution is -0.118. The molecule has 4 nitrogen and oxygen atoms in total. The number of amides is 1. The minimum atomic E-state index is -0.142. The van der Waals surface area contributed by atoms with Crippen molar-refractivity contribution in [1.29, 1.82) is 0 Å². The highest BCUT2D eigenvalue weighted by atomic mass is 79.9. The number of nitrogens with zero attached hydrogens (tertiary/aromatic N) is 1. The normalized spacial score (nSPS) is 9.44. The van der Waals surface area contributed by atoms with Crippen LogP contribution in [0.25, 0.3) is 11.3 Å². The van der Waals surface area contributed by atoms with E-state index in [1.165, 1.54) is 23.8 Å². The summed E-state index contributed by atoms with van der Waals surface area (Å²) in [6.45, 7) is 3.50. The van der Waals surface area contributed by atoms with Crippen LogP contribution in [0, 0.1) is 6.92 Å². The first-order chi connectivity index (χ1) is 8.15. The molecule has 1 aromatic carbocycles. The summed E-state index contributed by atoms with van der Waals surface area (Å²) in [7, 11) is 0. The second-order valence-electron chi connectivity index (χ2n) is 3.71. The standard InChI is InChI=1S/C12H13N3OS.BrH/c1-8-3-5-10(6-4-8)11-7-17-12(13-11)15-14-9(2)16;/h3-7H,1-2H3,(H,13,15)(H,14,16);1H/p-1. The smallest absolute Gasteiger partial charge is 0.235 e. The van der Waals surface area contributed by atoms with Gasteiger partial charge in [-0.3, -0.25) is 15.6 Å². The Bertz CT molecular complexity index is 524. The molecule has 0 aliphatic heterocycles. The van der Waals surface area contributed by atoms with Gasteiger partial charge in [0, 0.05) is 17.9 Å². The molecule has 2 rings (SSSR count). The second-order valence-corrected chi connectivity index (χ2v) is 4.57. The predicted octanol–water partition coefficient (Wildman–Crippen LogP) is -0.414. The first-order valence-electron chi connectivity index (χ1n) is 5.20. The van der Waals surface area contributed by atoms with Crippen LogP contribution in [-0.2, 0) is 4.79 Å². The highest BCUT2D eigenvalue weighted by molar-refractivity contribution is 7.14. The van der Waals surface area contributed by atoms with Crippen molar-refractivity contribution in [3.63, 3.8) is 0 Å². The third kappa shape index (κ3) is 3.82. The number of hydrogen-bond acceptors (Lipinski definition) is 4. The zero-order valence-electron chi connectivity index (χ0n) is 10.0. The summed E-state index contributed by atoms with van der Waals surface area (Å²) in [6, 6.07) is 8.17. The zero-order valence-corrected chi connectivity index (χ0v) is 12.4. The van der Waals surface area contributed by atoms with Gasteiger partial charge in [-0.25, -0.2) is 4.98 Å². The van der Waals surface area contributed by atoms with Gasteiger partial charge < -0.3 is 17.0 Å². The first kappa shape index (κ1) is 14.7. The molecule has 0 aliphatic rings. The Hall–Kier alpha value is -1.40. The van der Waals surface area contributed by atoms with Gasteiger partial charge in [0.05, 0.1) is 5.69 Å². The average molecular weight is 327 g/mol. The SMILES string of the molecule is CC(=O)NNc1nc(-c2ccc(C)cc2)cs1.[Br-]. The molecule has 96 valence electrons. The van der Waals surface area contributed by atoms with Crippen molar-refractivity contribution < 1.29 is 21.8 Å². The molecule has 2 aromatic rings. The van der Waals surface area contributed by atoms with Crippen molar-refractivity contribution >= 4 is 22.4 Å². The number of aryl methyl sites for hydroxylation is 1. The van der Waals surface area contributed by atoms with Crippen LogP contribution < -0.4 is 27.8 Å². The van der Waals surface area contributed by atoms with Crippen LogP contribution in [-0.4, -0.2) is 10.9 Å².